The first-order valence-electron chi connectivity index (χ1n) is 8.68. The molecule has 0 aliphatic carbocycles. The molecule has 0 heterocycles. The summed E-state index contributed by atoms with van der Waals surface area (Å²) in [4.78, 5) is 23.1. The van der Waals surface area contributed by atoms with Crippen LogP contribution in [0.25, 0.3) is 0 Å². The van der Waals surface area contributed by atoms with Crippen LogP contribution in [0, 0.1) is 0 Å². The van der Waals surface area contributed by atoms with Crippen LogP contribution < -0.4 is 21.1 Å². The van der Waals surface area contributed by atoms with Gasteiger partial charge in [-0.15, -0.1) is 0 Å². The van der Waals surface area contributed by atoms with Crippen molar-refractivity contribution >= 4 is 22.0 Å². The predicted octanol–water partition coefficient (Wildman–Crippen LogP) is 0.877. The van der Waals surface area contributed by atoms with Crippen LogP contribution in [0.4, 0.5) is 4.79 Å². The topological polar surface area (TPSA) is 130 Å². The minimum absolute atomic E-state index is 0.0886. The molecule has 0 unspecified atom stereocenters. The van der Waals surface area contributed by atoms with E-state index in [4.69, 9.17) is 5.73 Å². The zero-order valence-corrected chi connectivity index (χ0v) is 16.4. The van der Waals surface area contributed by atoms with E-state index in [2.05, 4.69) is 15.4 Å². The monoisotopic (exact) mass is 404 g/mol. The second-order valence-electron chi connectivity index (χ2n) is 6.20. The fourth-order valence-electron chi connectivity index (χ4n) is 2.49. The van der Waals surface area contributed by atoms with E-state index in [9.17, 15) is 18.0 Å². The Labute approximate surface area is 164 Å². The number of hydrogen-bond donors (Lipinski definition) is 4. The van der Waals surface area contributed by atoms with E-state index in [0.717, 1.165) is 11.1 Å². The normalized spacial score (nSPS) is 11.0. The molecule has 28 heavy (non-hydrogen) atoms. The molecule has 2 aromatic rings. The predicted molar refractivity (Wildman–Crippen MR) is 107 cm³/mol. The van der Waals surface area contributed by atoms with E-state index >= 15 is 0 Å². The van der Waals surface area contributed by atoms with Gasteiger partial charge in [0.25, 0.3) is 0 Å². The third-order valence-electron chi connectivity index (χ3n) is 4.05. The lowest BCUT2D eigenvalue weighted by Crippen LogP contribution is -2.36. The van der Waals surface area contributed by atoms with Crippen LogP contribution in [0.5, 0.6) is 0 Å². The largest absolute Gasteiger partial charge is 0.366 e. The van der Waals surface area contributed by atoms with Gasteiger partial charge >= 0.3 is 6.03 Å². The van der Waals surface area contributed by atoms with Crippen LogP contribution >= 0.6 is 0 Å². The lowest BCUT2D eigenvalue weighted by atomic mass is 10.1. The highest BCUT2D eigenvalue weighted by molar-refractivity contribution is 7.88. The average Bonchev–Trinajstić information content (AvgIpc) is 2.67. The molecule has 0 saturated carbocycles. The Morgan fingerprint density at radius 3 is 2.29 bits per heavy atom. The van der Waals surface area contributed by atoms with Gasteiger partial charge < -0.3 is 16.4 Å². The number of rotatable bonds is 9. The van der Waals surface area contributed by atoms with E-state index in [1.807, 2.05) is 6.07 Å². The lowest BCUT2D eigenvalue weighted by Gasteiger charge is -2.09. The van der Waals surface area contributed by atoms with Crippen molar-refractivity contribution in [2.75, 3.05) is 13.6 Å². The number of benzene rings is 2. The molecule has 0 saturated heterocycles. The van der Waals surface area contributed by atoms with Gasteiger partial charge in [0.05, 0.1) is 5.75 Å². The van der Waals surface area contributed by atoms with Crippen molar-refractivity contribution in [3.8, 4) is 0 Å². The van der Waals surface area contributed by atoms with Crippen molar-refractivity contribution in [1.82, 2.24) is 15.4 Å². The fraction of sp³-hybridized carbons (Fsp3) is 0.263. The van der Waals surface area contributed by atoms with E-state index in [-0.39, 0.29) is 11.8 Å². The van der Waals surface area contributed by atoms with Gasteiger partial charge in [0.15, 0.2) is 0 Å². The molecule has 0 bridgehead atoms. The van der Waals surface area contributed by atoms with E-state index in [1.54, 1.807) is 42.5 Å². The molecular weight excluding hydrogens is 380 g/mol. The van der Waals surface area contributed by atoms with Crippen molar-refractivity contribution in [3.05, 3.63) is 70.8 Å². The van der Waals surface area contributed by atoms with Gasteiger partial charge in [-0.05, 0) is 42.3 Å². The highest BCUT2D eigenvalue weighted by Crippen LogP contribution is 2.08. The Balaban J connectivity index is 1.75. The van der Waals surface area contributed by atoms with Crippen LogP contribution in [0.3, 0.4) is 0 Å². The first-order chi connectivity index (χ1) is 13.3. The molecule has 150 valence electrons. The zero-order chi connectivity index (χ0) is 20.6. The first kappa shape index (κ1) is 21.4. The summed E-state index contributed by atoms with van der Waals surface area (Å²) < 4.78 is 25.3. The SMILES string of the molecule is CNS(=O)(=O)Cc1ccc(CNC(=O)NCCc2cccc(C(N)=O)c2)cc1. The van der Waals surface area contributed by atoms with Crippen LogP contribution in [0.2, 0.25) is 0 Å². The summed E-state index contributed by atoms with van der Waals surface area (Å²) in [6.45, 7) is 0.733. The van der Waals surface area contributed by atoms with Crippen LogP contribution in [0.1, 0.15) is 27.0 Å². The summed E-state index contributed by atoms with van der Waals surface area (Å²) in [5.74, 6) is -0.573. The molecule has 0 fully saturated rings. The van der Waals surface area contributed by atoms with Gasteiger partial charge in [0.1, 0.15) is 0 Å². The van der Waals surface area contributed by atoms with Crippen LogP contribution in [-0.4, -0.2) is 33.9 Å². The molecule has 0 atom stereocenters. The Kier molecular flexibility index (Phi) is 7.53. The van der Waals surface area contributed by atoms with Gasteiger partial charge in [-0.25, -0.2) is 17.9 Å². The van der Waals surface area contributed by atoms with Gasteiger partial charge in [0.2, 0.25) is 15.9 Å². The van der Waals surface area contributed by atoms with Crippen LogP contribution in [0.15, 0.2) is 48.5 Å². The van der Waals surface area contributed by atoms with Crippen molar-refractivity contribution < 1.29 is 18.0 Å². The second kappa shape index (κ2) is 9.86. The molecule has 0 radical (unpaired) electrons. The van der Waals surface area contributed by atoms with Crippen molar-refractivity contribution in [3.63, 3.8) is 0 Å². The second-order valence-corrected chi connectivity index (χ2v) is 8.13. The summed E-state index contributed by atoms with van der Waals surface area (Å²) in [7, 11) is -1.93. The highest BCUT2D eigenvalue weighted by atomic mass is 32.2. The number of carbonyl (C=O) groups is 2. The summed E-state index contributed by atoms with van der Waals surface area (Å²) in [6.07, 6.45) is 0.573. The maximum Gasteiger partial charge on any atom is 0.315 e. The summed E-state index contributed by atoms with van der Waals surface area (Å²) in [5.41, 5.74) is 8.12. The number of hydrogen-bond acceptors (Lipinski definition) is 4. The summed E-state index contributed by atoms with van der Waals surface area (Å²) in [6, 6.07) is 13.6. The lowest BCUT2D eigenvalue weighted by molar-refractivity contribution is 0.1000. The zero-order valence-electron chi connectivity index (χ0n) is 15.6. The molecular formula is C19H24N4O4S. The summed E-state index contributed by atoms with van der Waals surface area (Å²) >= 11 is 0. The Hall–Kier alpha value is -2.91. The van der Waals surface area contributed by atoms with Gasteiger partial charge in [-0.3, -0.25) is 4.79 Å². The molecule has 2 aromatic carbocycles. The quantitative estimate of drug-likeness (QED) is 0.494. The first-order valence-corrected chi connectivity index (χ1v) is 10.3. The molecule has 3 amide bonds. The number of primary amides is 1. The van der Waals surface area contributed by atoms with Gasteiger partial charge in [-0.1, -0.05) is 36.4 Å². The van der Waals surface area contributed by atoms with E-state index in [0.29, 0.717) is 30.6 Å². The third-order valence-corrected chi connectivity index (χ3v) is 5.39. The van der Waals surface area contributed by atoms with Crippen molar-refractivity contribution in [2.24, 2.45) is 5.73 Å². The maximum atomic E-state index is 11.9. The number of urea groups is 1. The molecule has 2 rings (SSSR count). The molecule has 0 aliphatic rings. The van der Waals surface area contributed by atoms with E-state index < -0.39 is 15.9 Å². The third kappa shape index (κ3) is 7.01. The molecule has 8 nitrogen and oxygen atoms in total. The van der Waals surface area contributed by atoms with Crippen molar-refractivity contribution in [1.29, 1.82) is 0 Å². The van der Waals surface area contributed by atoms with Gasteiger partial charge in [-0.2, -0.15) is 0 Å². The fourth-order valence-corrected chi connectivity index (χ4v) is 3.27. The number of amides is 3. The Bertz CT molecular complexity index is 927. The van der Waals surface area contributed by atoms with Crippen LogP contribution in [-0.2, 0) is 28.7 Å². The minimum atomic E-state index is -3.31. The number of nitrogens with two attached hydrogens (primary N) is 1. The number of sulfonamides is 1. The molecule has 0 aliphatic heterocycles. The average molecular weight is 404 g/mol. The molecule has 9 heteroatoms. The van der Waals surface area contributed by atoms with E-state index in [1.165, 1.54) is 7.05 Å². The minimum Gasteiger partial charge on any atom is -0.366 e. The number of nitrogens with one attached hydrogen (secondary N) is 3. The summed E-state index contributed by atoms with van der Waals surface area (Å²) in [5, 5.41) is 5.49. The smallest absolute Gasteiger partial charge is 0.315 e. The Morgan fingerprint density at radius 1 is 0.964 bits per heavy atom. The maximum absolute atomic E-state index is 11.9. The standard InChI is InChI=1S/C19H24N4O4S/c1-21-28(26,27)13-16-7-5-15(6-8-16)12-23-19(25)22-10-9-14-3-2-4-17(11-14)18(20)24/h2-8,11,21H,9-10,12-13H2,1H3,(H2,20,24)(H2,22,23,25). The highest BCUT2D eigenvalue weighted by Gasteiger charge is 2.08. The molecule has 5 N–H and O–H groups in total. The number of carbonyl (C=O) groups excluding carboxylic acids is 2. The van der Waals surface area contributed by atoms with Crippen molar-refractivity contribution in [2.45, 2.75) is 18.7 Å². The van der Waals surface area contributed by atoms with Gasteiger partial charge in [0, 0.05) is 18.7 Å². The Morgan fingerprint density at radius 2 is 1.64 bits per heavy atom. The molecule has 0 aromatic heterocycles. The molecule has 0 spiro atoms.